The van der Waals surface area contributed by atoms with Crippen LogP contribution in [0.15, 0.2) is 18.2 Å². The van der Waals surface area contributed by atoms with Crippen LogP contribution in [0.2, 0.25) is 5.02 Å². The van der Waals surface area contributed by atoms with Crippen molar-refractivity contribution < 1.29 is 14.6 Å². The fourth-order valence-electron chi connectivity index (χ4n) is 1.98. The lowest BCUT2D eigenvalue weighted by Gasteiger charge is -2.03. The first-order valence-electron chi connectivity index (χ1n) is 5.71. The van der Waals surface area contributed by atoms with Gasteiger partial charge in [-0.3, -0.25) is 4.79 Å². The molecule has 1 aromatic heterocycles. The van der Waals surface area contributed by atoms with Crippen molar-refractivity contribution in [2.45, 2.75) is 20.0 Å². The SMILES string of the molecule is CCOC(=O)Cc1c(CO)[nH]c2cc(Cl)ccc12. The number of ether oxygens (including phenoxy) is 1. The molecule has 0 unspecified atom stereocenters. The van der Waals surface area contributed by atoms with E-state index in [1.807, 2.05) is 6.07 Å². The number of aromatic amines is 1. The minimum Gasteiger partial charge on any atom is -0.466 e. The van der Waals surface area contributed by atoms with Crippen LogP contribution < -0.4 is 0 Å². The van der Waals surface area contributed by atoms with Gasteiger partial charge in [0.05, 0.1) is 19.6 Å². The summed E-state index contributed by atoms with van der Waals surface area (Å²) in [5.41, 5.74) is 2.20. The Bertz CT molecular complexity index is 577. The van der Waals surface area contributed by atoms with E-state index in [1.165, 1.54) is 0 Å². The zero-order valence-electron chi connectivity index (χ0n) is 10.00. The zero-order chi connectivity index (χ0) is 13.1. The van der Waals surface area contributed by atoms with Crippen LogP contribution in [0.5, 0.6) is 0 Å². The molecule has 4 nitrogen and oxygen atoms in total. The molecule has 0 aliphatic rings. The second kappa shape index (κ2) is 5.42. The summed E-state index contributed by atoms with van der Waals surface area (Å²) in [6.45, 7) is 1.96. The number of H-pyrrole nitrogens is 1. The number of carbonyl (C=O) groups is 1. The smallest absolute Gasteiger partial charge is 0.310 e. The number of fused-ring (bicyclic) bond motifs is 1. The third-order valence-corrected chi connectivity index (χ3v) is 2.98. The van der Waals surface area contributed by atoms with Crippen molar-refractivity contribution in [3.05, 3.63) is 34.5 Å². The Balaban J connectivity index is 2.43. The third-order valence-electron chi connectivity index (χ3n) is 2.74. The van der Waals surface area contributed by atoms with Crippen molar-refractivity contribution in [3.8, 4) is 0 Å². The highest BCUT2D eigenvalue weighted by molar-refractivity contribution is 6.31. The van der Waals surface area contributed by atoms with Crippen LogP contribution in [0.4, 0.5) is 0 Å². The summed E-state index contributed by atoms with van der Waals surface area (Å²) < 4.78 is 4.93. The summed E-state index contributed by atoms with van der Waals surface area (Å²) in [6, 6.07) is 5.36. The van der Waals surface area contributed by atoms with Gasteiger partial charge >= 0.3 is 5.97 Å². The van der Waals surface area contributed by atoms with Crippen molar-refractivity contribution in [1.82, 2.24) is 4.98 Å². The Morgan fingerprint density at radius 2 is 2.28 bits per heavy atom. The molecule has 0 aliphatic heterocycles. The first kappa shape index (κ1) is 12.9. The van der Waals surface area contributed by atoms with Crippen LogP contribution in [-0.2, 0) is 22.6 Å². The molecule has 0 fully saturated rings. The Kier molecular flexibility index (Phi) is 3.89. The van der Waals surface area contributed by atoms with Gasteiger partial charge in [0.1, 0.15) is 0 Å². The minimum atomic E-state index is -0.303. The molecule has 2 rings (SSSR count). The lowest BCUT2D eigenvalue weighted by molar-refractivity contribution is -0.142. The van der Waals surface area contributed by atoms with Crippen LogP contribution in [0, 0.1) is 0 Å². The van der Waals surface area contributed by atoms with E-state index in [4.69, 9.17) is 16.3 Å². The molecule has 0 saturated heterocycles. The number of benzene rings is 1. The summed E-state index contributed by atoms with van der Waals surface area (Å²) in [4.78, 5) is 14.6. The lowest BCUT2D eigenvalue weighted by atomic mass is 10.1. The second-order valence-electron chi connectivity index (χ2n) is 3.91. The van der Waals surface area contributed by atoms with Gasteiger partial charge in [-0.15, -0.1) is 0 Å². The summed E-state index contributed by atoms with van der Waals surface area (Å²) in [7, 11) is 0. The van der Waals surface area contributed by atoms with Crippen LogP contribution in [0.25, 0.3) is 10.9 Å². The first-order valence-corrected chi connectivity index (χ1v) is 6.09. The largest absolute Gasteiger partial charge is 0.466 e. The lowest BCUT2D eigenvalue weighted by Crippen LogP contribution is -2.08. The monoisotopic (exact) mass is 267 g/mol. The van der Waals surface area contributed by atoms with Crippen LogP contribution >= 0.6 is 11.6 Å². The molecular formula is C13H14ClNO3. The molecule has 0 atom stereocenters. The van der Waals surface area contributed by atoms with E-state index in [-0.39, 0.29) is 19.0 Å². The van der Waals surface area contributed by atoms with Gasteiger partial charge in [0.25, 0.3) is 0 Å². The Morgan fingerprint density at radius 1 is 1.50 bits per heavy atom. The standard InChI is InChI=1S/C13H14ClNO3/c1-2-18-13(17)6-10-9-4-3-8(14)5-11(9)15-12(10)7-16/h3-5,15-16H,2,6-7H2,1H3. The quantitative estimate of drug-likeness (QED) is 0.837. The molecule has 0 radical (unpaired) electrons. The topological polar surface area (TPSA) is 62.3 Å². The van der Waals surface area contributed by atoms with Gasteiger partial charge in [0, 0.05) is 21.6 Å². The van der Waals surface area contributed by atoms with Gasteiger partial charge in [-0.2, -0.15) is 0 Å². The van der Waals surface area contributed by atoms with Crippen LogP contribution in [-0.4, -0.2) is 22.7 Å². The molecule has 1 heterocycles. The van der Waals surface area contributed by atoms with Gasteiger partial charge in [-0.1, -0.05) is 17.7 Å². The molecule has 0 saturated carbocycles. The number of nitrogens with one attached hydrogen (secondary N) is 1. The molecule has 1 aromatic carbocycles. The molecule has 5 heteroatoms. The van der Waals surface area contributed by atoms with E-state index in [2.05, 4.69) is 4.98 Å². The van der Waals surface area contributed by atoms with Crippen LogP contribution in [0.1, 0.15) is 18.2 Å². The molecule has 18 heavy (non-hydrogen) atoms. The molecule has 0 aliphatic carbocycles. The van der Waals surface area contributed by atoms with Crippen molar-refractivity contribution in [1.29, 1.82) is 0 Å². The molecule has 0 spiro atoms. The maximum Gasteiger partial charge on any atom is 0.310 e. The summed E-state index contributed by atoms with van der Waals surface area (Å²) >= 11 is 5.90. The fourth-order valence-corrected chi connectivity index (χ4v) is 2.15. The van der Waals surface area contributed by atoms with Crippen molar-refractivity contribution in [3.63, 3.8) is 0 Å². The van der Waals surface area contributed by atoms with Gasteiger partial charge < -0.3 is 14.8 Å². The van der Waals surface area contributed by atoms with Gasteiger partial charge in [0.2, 0.25) is 0 Å². The van der Waals surface area contributed by atoms with Crippen LogP contribution in [0.3, 0.4) is 0 Å². The average Bonchev–Trinajstić information content (AvgIpc) is 2.66. The van der Waals surface area contributed by atoms with Gasteiger partial charge in [0.15, 0.2) is 0 Å². The predicted molar refractivity (Wildman–Crippen MR) is 69.6 cm³/mol. The van der Waals surface area contributed by atoms with E-state index >= 15 is 0 Å². The molecule has 2 aromatic rings. The third kappa shape index (κ3) is 2.49. The maximum atomic E-state index is 11.5. The number of hydrogen-bond donors (Lipinski definition) is 2. The van der Waals surface area contributed by atoms with E-state index in [0.29, 0.717) is 17.3 Å². The highest BCUT2D eigenvalue weighted by Crippen LogP contribution is 2.26. The fraction of sp³-hybridized carbons (Fsp3) is 0.308. The van der Waals surface area contributed by atoms with E-state index in [1.54, 1.807) is 19.1 Å². The van der Waals surface area contributed by atoms with Crippen molar-refractivity contribution >= 4 is 28.5 Å². The van der Waals surface area contributed by atoms with Crippen molar-refractivity contribution in [2.24, 2.45) is 0 Å². The number of aliphatic hydroxyl groups excluding tert-OH is 1. The van der Waals surface area contributed by atoms with Gasteiger partial charge in [-0.25, -0.2) is 0 Å². The number of aliphatic hydroxyl groups is 1. The maximum absolute atomic E-state index is 11.5. The Hall–Kier alpha value is -1.52. The van der Waals surface area contributed by atoms with Gasteiger partial charge in [-0.05, 0) is 24.6 Å². The number of halogens is 1. The normalized spacial score (nSPS) is 10.8. The molecule has 0 amide bonds. The predicted octanol–water partition coefficient (Wildman–Crippen LogP) is 2.42. The van der Waals surface area contributed by atoms with E-state index < -0.39 is 0 Å². The zero-order valence-corrected chi connectivity index (χ0v) is 10.8. The van der Waals surface area contributed by atoms with E-state index in [0.717, 1.165) is 16.5 Å². The molecule has 96 valence electrons. The average molecular weight is 268 g/mol. The highest BCUT2D eigenvalue weighted by Gasteiger charge is 2.15. The summed E-state index contributed by atoms with van der Waals surface area (Å²) in [6.07, 6.45) is 0.144. The highest BCUT2D eigenvalue weighted by atomic mass is 35.5. The summed E-state index contributed by atoms with van der Waals surface area (Å²) in [5.74, 6) is -0.303. The molecular weight excluding hydrogens is 254 g/mol. The number of esters is 1. The number of rotatable bonds is 4. The van der Waals surface area contributed by atoms with Crippen molar-refractivity contribution in [2.75, 3.05) is 6.61 Å². The molecule has 2 N–H and O–H groups in total. The second-order valence-corrected chi connectivity index (χ2v) is 4.35. The summed E-state index contributed by atoms with van der Waals surface area (Å²) in [5, 5.41) is 10.8. The Morgan fingerprint density at radius 3 is 2.94 bits per heavy atom. The molecule has 0 bridgehead atoms. The Labute approximate surface area is 110 Å². The minimum absolute atomic E-state index is 0.144. The van der Waals surface area contributed by atoms with E-state index in [9.17, 15) is 9.90 Å². The first-order chi connectivity index (χ1) is 8.65. The number of aromatic nitrogens is 1. The number of hydrogen-bond acceptors (Lipinski definition) is 3. The number of carbonyl (C=O) groups excluding carboxylic acids is 1.